The van der Waals surface area contributed by atoms with Gasteiger partial charge in [0.05, 0.1) is 23.2 Å². The highest BCUT2D eigenvalue weighted by molar-refractivity contribution is 7.89. The summed E-state index contributed by atoms with van der Waals surface area (Å²) in [6.07, 6.45) is -2.52. The van der Waals surface area contributed by atoms with Gasteiger partial charge in [0.1, 0.15) is 5.82 Å². The average Bonchev–Trinajstić information content (AvgIpc) is 2.70. The zero-order valence-electron chi connectivity index (χ0n) is 10.0. The molecule has 0 unspecified atom stereocenters. The highest BCUT2D eigenvalue weighted by Crippen LogP contribution is 2.29. The first-order chi connectivity index (χ1) is 9.23. The molecule has 0 spiro atoms. The van der Waals surface area contributed by atoms with Gasteiger partial charge in [0, 0.05) is 13.1 Å². The first-order valence-electron chi connectivity index (χ1n) is 5.53. The summed E-state index contributed by atoms with van der Waals surface area (Å²) in [4.78, 5) is 9.14. The average molecular weight is 306 g/mol. The molecule has 8 nitrogen and oxygen atoms in total. The van der Waals surface area contributed by atoms with E-state index in [0.717, 1.165) is 16.4 Å². The van der Waals surface area contributed by atoms with Gasteiger partial charge in [0.2, 0.25) is 10.0 Å². The standard InChI is InChI=1S/C10H11FN2O6S/c11-6-1-2-10(7(3-6)13(16)17)20(18,19)12-4-8(14)9(15)5-12/h1-3,8-9,14-15H,4-5H2/t8-,9+. The third kappa shape index (κ3) is 2.50. The van der Waals surface area contributed by atoms with Gasteiger partial charge >= 0.3 is 0 Å². The molecule has 20 heavy (non-hydrogen) atoms. The molecule has 1 saturated heterocycles. The van der Waals surface area contributed by atoms with Crippen LogP contribution in [0.5, 0.6) is 0 Å². The van der Waals surface area contributed by atoms with Crippen LogP contribution >= 0.6 is 0 Å². The monoisotopic (exact) mass is 306 g/mol. The van der Waals surface area contributed by atoms with Crippen molar-refractivity contribution in [1.82, 2.24) is 4.31 Å². The van der Waals surface area contributed by atoms with Crippen LogP contribution in [0.15, 0.2) is 23.1 Å². The second-order valence-corrected chi connectivity index (χ2v) is 6.23. The Kier molecular flexibility index (Phi) is 3.73. The number of nitrogens with zero attached hydrogens (tertiary/aromatic N) is 2. The Morgan fingerprint density at radius 2 is 1.85 bits per heavy atom. The number of hydrogen-bond donors (Lipinski definition) is 2. The number of halogens is 1. The summed E-state index contributed by atoms with van der Waals surface area (Å²) in [5.41, 5.74) is -0.888. The summed E-state index contributed by atoms with van der Waals surface area (Å²) >= 11 is 0. The normalized spacial score (nSPS) is 23.9. The summed E-state index contributed by atoms with van der Waals surface area (Å²) in [6, 6.07) is 2.10. The predicted octanol–water partition coefficient (Wildman–Crippen LogP) is -0.540. The van der Waals surface area contributed by atoms with Crippen molar-refractivity contribution in [2.45, 2.75) is 17.1 Å². The van der Waals surface area contributed by atoms with E-state index in [1.54, 1.807) is 0 Å². The van der Waals surface area contributed by atoms with Crippen molar-refractivity contribution in [2.75, 3.05) is 13.1 Å². The van der Waals surface area contributed by atoms with E-state index < -0.39 is 43.6 Å². The lowest BCUT2D eigenvalue weighted by molar-refractivity contribution is -0.388. The Labute approximate surface area is 113 Å². The van der Waals surface area contributed by atoms with Crippen molar-refractivity contribution in [2.24, 2.45) is 0 Å². The number of rotatable bonds is 3. The highest BCUT2D eigenvalue weighted by atomic mass is 32.2. The predicted molar refractivity (Wildman–Crippen MR) is 63.8 cm³/mol. The highest BCUT2D eigenvalue weighted by Gasteiger charge is 2.40. The molecule has 110 valence electrons. The summed E-state index contributed by atoms with van der Waals surface area (Å²) in [7, 11) is -4.29. The second kappa shape index (κ2) is 5.05. The van der Waals surface area contributed by atoms with Gasteiger partial charge in [0.25, 0.3) is 5.69 Å². The minimum absolute atomic E-state index is 0.377. The van der Waals surface area contributed by atoms with Crippen LogP contribution in [-0.2, 0) is 10.0 Å². The quantitative estimate of drug-likeness (QED) is 0.571. The first kappa shape index (κ1) is 14.8. The number of benzene rings is 1. The number of nitro groups is 1. The van der Waals surface area contributed by atoms with Crippen molar-refractivity contribution < 1.29 is 27.9 Å². The molecule has 1 aliphatic heterocycles. The Morgan fingerprint density at radius 1 is 1.30 bits per heavy atom. The van der Waals surface area contributed by atoms with E-state index in [4.69, 9.17) is 0 Å². The fourth-order valence-electron chi connectivity index (χ4n) is 1.92. The summed E-state index contributed by atoms with van der Waals surface area (Å²) in [5, 5.41) is 29.5. The van der Waals surface area contributed by atoms with Crippen LogP contribution in [-0.4, -0.2) is 53.2 Å². The first-order valence-corrected chi connectivity index (χ1v) is 6.97. The molecule has 1 aromatic carbocycles. The maximum absolute atomic E-state index is 13.0. The van der Waals surface area contributed by atoms with Crippen LogP contribution in [0.4, 0.5) is 10.1 Å². The second-order valence-electron chi connectivity index (χ2n) is 4.33. The molecule has 0 amide bonds. The van der Waals surface area contributed by atoms with E-state index in [-0.39, 0.29) is 13.1 Å². The molecule has 0 aromatic heterocycles. The van der Waals surface area contributed by atoms with Crippen molar-refractivity contribution >= 4 is 15.7 Å². The molecule has 2 rings (SSSR count). The van der Waals surface area contributed by atoms with Gasteiger partial charge in [-0.2, -0.15) is 4.31 Å². The van der Waals surface area contributed by atoms with Crippen molar-refractivity contribution in [3.8, 4) is 0 Å². The molecule has 0 bridgehead atoms. The van der Waals surface area contributed by atoms with E-state index in [1.807, 2.05) is 0 Å². The lowest BCUT2D eigenvalue weighted by Gasteiger charge is -2.15. The number of nitro benzene ring substituents is 1. The number of hydrogen-bond acceptors (Lipinski definition) is 6. The minimum atomic E-state index is -4.29. The summed E-state index contributed by atoms with van der Waals surface area (Å²) in [6.45, 7) is -0.754. The molecule has 0 radical (unpaired) electrons. The third-order valence-corrected chi connectivity index (χ3v) is 4.84. The van der Waals surface area contributed by atoms with E-state index in [1.165, 1.54) is 0 Å². The molecule has 1 aliphatic rings. The third-order valence-electron chi connectivity index (χ3n) is 2.96. The van der Waals surface area contributed by atoms with Crippen LogP contribution < -0.4 is 0 Å². The Balaban J connectivity index is 2.48. The molecule has 2 atom stereocenters. The molecule has 1 fully saturated rings. The number of sulfonamides is 1. The smallest absolute Gasteiger partial charge is 0.292 e. The lowest BCUT2D eigenvalue weighted by Crippen LogP contribution is -2.30. The van der Waals surface area contributed by atoms with Crippen LogP contribution in [0.3, 0.4) is 0 Å². The molecule has 1 heterocycles. The number of aliphatic hydroxyl groups excluding tert-OH is 2. The van der Waals surface area contributed by atoms with Crippen LogP contribution in [0.25, 0.3) is 0 Å². The van der Waals surface area contributed by atoms with E-state index in [0.29, 0.717) is 6.07 Å². The maximum Gasteiger partial charge on any atom is 0.292 e. The maximum atomic E-state index is 13.0. The zero-order chi connectivity index (χ0) is 15.1. The van der Waals surface area contributed by atoms with E-state index in [2.05, 4.69) is 0 Å². The molecular formula is C10H11FN2O6S. The van der Waals surface area contributed by atoms with Crippen LogP contribution in [0, 0.1) is 15.9 Å². The van der Waals surface area contributed by atoms with Gasteiger partial charge in [-0.3, -0.25) is 10.1 Å². The van der Waals surface area contributed by atoms with Crippen molar-refractivity contribution in [3.05, 3.63) is 34.1 Å². The zero-order valence-corrected chi connectivity index (χ0v) is 10.8. The Morgan fingerprint density at radius 3 is 2.35 bits per heavy atom. The number of β-amino-alcohol motifs (C(OH)–C–C–N with tert-alkyl or cyclic N) is 2. The van der Waals surface area contributed by atoms with Crippen LogP contribution in [0.2, 0.25) is 0 Å². The Bertz CT molecular complexity index is 639. The van der Waals surface area contributed by atoms with Gasteiger partial charge in [-0.05, 0) is 12.1 Å². The minimum Gasteiger partial charge on any atom is -0.389 e. The van der Waals surface area contributed by atoms with Gasteiger partial charge < -0.3 is 10.2 Å². The SMILES string of the molecule is O=[N+]([O-])c1cc(F)ccc1S(=O)(=O)N1C[C@@H](O)[C@@H](O)C1. The fraction of sp³-hybridized carbons (Fsp3) is 0.400. The van der Waals surface area contributed by atoms with Crippen molar-refractivity contribution in [1.29, 1.82) is 0 Å². The van der Waals surface area contributed by atoms with Crippen molar-refractivity contribution in [3.63, 3.8) is 0 Å². The molecule has 0 saturated carbocycles. The van der Waals surface area contributed by atoms with E-state index >= 15 is 0 Å². The molecular weight excluding hydrogens is 295 g/mol. The largest absolute Gasteiger partial charge is 0.389 e. The summed E-state index contributed by atoms with van der Waals surface area (Å²) in [5.74, 6) is -0.933. The van der Waals surface area contributed by atoms with Gasteiger partial charge in [0.15, 0.2) is 4.90 Å². The molecule has 1 aromatic rings. The summed E-state index contributed by atoms with van der Waals surface area (Å²) < 4.78 is 38.2. The van der Waals surface area contributed by atoms with Gasteiger partial charge in [-0.1, -0.05) is 0 Å². The molecule has 0 aliphatic carbocycles. The van der Waals surface area contributed by atoms with Gasteiger partial charge in [-0.15, -0.1) is 0 Å². The topological polar surface area (TPSA) is 121 Å². The van der Waals surface area contributed by atoms with Gasteiger partial charge in [-0.25, -0.2) is 12.8 Å². The molecule has 2 N–H and O–H groups in total. The van der Waals surface area contributed by atoms with E-state index in [9.17, 15) is 33.1 Å². The fourth-order valence-corrected chi connectivity index (χ4v) is 3.54. The lowest BCUT2D eigenvalue weighted by atomic mass is 10.3. The number of aliphatic hydroxyl groups is 2. The van der Waals surface area contributed by atoms with Crippen LogP contribution in [0.1, 0.15) is 0 Å². The molecule has 10 heteroatoms. The Hall–Kier alpha value is -1.62.